The molecule has 1 aromatic carbocycles. The number of rotatable bonds is 5. The molecular formula is C21H16F3N9. The molecule has 0 bridgehead atoms. The van der Waals surface area contributed by atoms with Crippen LogP contribution in [0.1, 0.15) is 17.0 Å². The van der Waals surface area contributed by atoms with Crippen LogP contribution >= 0.6 is 0 Å². The maximum absolute atomic E-state index is 13.3. The van der Waals surface area contributed by atoms with Gasteiger partial charge in [-0.25, -0.2) is 15.0 Å². The van der Waals surface area contributed by atoms with Crippen molar-refractivity contribution in [3.63, 3.8) is 0 Å². The fourth-order valence-corrected chi connectivity index (χ4v) is 3.40. The van der Waals surface area contributed by atoms with Gasteiger partial charge in [-0.15, -0.1) is 10.2 Å². The van der Waals surface area contributed by atoms with E-state index in [0.717, 1.165) is 11.9 Å². The Hall–Kier alpha value is -4.35. The predicted octanol–water partition coefficient (Wildman–Crippen LogP) is 3.67. The van der Waals surface area contributed by atoms with Crippen molar-refractivity contribution < 1.29 is 13.2 Å². The molecule has 5 rings (SSSR count). The third kappa shape index (κ3) is 4.10. The van der Waals surface area contributed by atoms with Gasteiger partial charge in [0.25, 0.3) is 0 Å². The van der Waals surface area contributed by atoms with E-state index < -0.39 is 11.7 Å². The lowest BCUT2D eigenvalue weighted by Gasteiger charge is -2.11. The standard InChI is InChI=1S/C21H16F3N9/c1-32-17(7-9-27-32)29-20-25-8-6-15(28-20)16-11-19-31-30-18(33(19)12-26-16)10-13-4-2-3-5-14(13)21(22,23)24/h2-9,11-12H,10H2,1H3,(H,25,28,29). The van der Waals surface area contributed by atoms with E-state index in [0.29, 0.717) is 28.8 Å². The van der Waals surface area contributed by atoms with Crippen molar-refractivity contribution in [1.82, 2.24) is 39.3 Å². The van der Waals surface area contributed by atoms with E-state index in [9.17, 15) is 13.2 Å². The van der Waals surface area contributed by atoms with Crippen molar-refractivity contribution in [2.45, 2.75) is 12.6 Å². The predicted molar refractivity (Wildman–Crippen MR) is 113 cm³/mol. The molecule has 0 atom stereocenters. The zero-order valence-corrected chi connectivity index (χ0v) is 17.2. The summed E-state index contributed by atoms with van der Waals surface area (Å²) in [6.45, 7) is 0. The van der Waals surface area contributed by atoms with Crippen molar-refractivity contribution in [1.29, 1.82) is 0 Å². The number of nitrogens with zero attached hydrogens (tertiary/aromatic N) is 8. The Labute approximate surface area is 185 Å². The van der Waals surface area contributed by atoms with Crippen LogP contribution in [0.3, 0.4) is 0 Å². The zero-order chi connectivity index (χ0) is 23.0. The smallest absolute Gasteiger partial charge is 0.309 e. The quantitative estimate of drug-likeness (QED) is 0.435. The topological polar surface area (TPSA) is 98.7 Å². The SMILES string of the molecule is Cn1nccc1Nc1nccc(-c2cc3nnc(Cc4ccccc4C(F)(F)F)n3cn2)n1. The van der Waals surface area contributed by atoms with Crippen LogP contribution in [0.25, 0.3) is 17.0 Å². The first kappa shape index (κ1) is 20.5. The van der Waals surface area contributed by atoms with Crippen LogP contribution in [0.5, 0.6) is 0 Å². The number of aryl methyl sites for hydroxylation is 1. The summed E-state index contributed by atoms with van der Waals surface area (Å²) in [6.07, 6.45) is 0.237. The van der Waals surface area contributed by atoms with E-state index >= 15 is 0 Å². The first-order valence-corrected chi connectivity index (χ1v) is 9.82. The van der Waals surface area contributed by atoms with Gasteiger partial charge in [0.15, 0.2) is 5.65 Å². The molecule has 0 saturated carbocycles. The van der Waals surface area contributed by atoms with Gasteiger partial charge >= 0.3 is 6.18 Å². The molecular weight excluding hydrogens is 435 g/mol. The van der Waals surface area contributed by atoms with Crippen LogP contribution in [0.4, 0.5) is 24.9 Å². The molecule has 12 heteroatoms. The Kier molecular flexibility index (Phi) is 4.96. The van der Waals surface area contributed by atoms with Crippen molar-refractivity contribution in [2.75, 3.05) is 5.32 Å². The molecule has 0 amide bonds. The van der Waals surface area contributed by atoms with Gasteiger partial charge in [0.2, 0.25) is 5.95 Å². The van der Waals surface area contributed by atoms with E-state index in [1.165, 1.54) is 18.5 Å². The summed E-state index contributed by atoms with van der Waals surface area (Å²) in [6, 6.07) is 10.6. The Morgan fingerprint density at radius 1 is 0.970 bits per heavy atom. The van der Waals surface area contributed by atoms with Crippen molar-refractivity contribution >= 4 is 17.4 Å². The van der Waals surface area contributed by atoms with Crippen LogP contribution < -0.4 is 5.32 Å². The maximum atomic E-state index is 13.3. The fraction of sp³-hybridized carbons (Fsp3) is 0.143. The van der Waals surface area contributed by atoms with E-state index in [-0.39, 0.29) is 12.0 Å². The van der Waals surface area contributed by atoms with E-state index in [1.807, 2.05) is 0 Å². The highest BCUT2D eigenvalue weighted by atomic mass is 19.4. The molecule has 33 heavy (non-hydrogen) atoms. The van der Waals surface area contributed by atoms with Crippen LogP contribution in [0.15, 0.2) is 61.2 Å². The summed E-state index contributed by atoms with van der Waals surface area (Å²) < 4.78 is 43.2. The lowest BCUT2D eigenvalue weighted by Crippen LogP contribution is -2.10. The monoisotopic (exact) mass is 451 g/mol. The third-order valence-electron chi connectivity index (χ3n) is 5.02. The number of hydrogen-bond donors (Lipinski definition) is 1. The number of nitrogens with one attached hydrogen (secondary N) is 1. The largest absolute Gasteiger partial charge is 0.416 e. The van der Waals surface area contributed by atoms with Crippen LogP contribution in [-0.4, -0.2) is 39.3 Å². The maximum Gasteiger partial charge on any atom is 0.416 e. The second-order valence-electron chi connectivity index (χ2n) is 7.18. The Balaban J connectivity index is 1.44. The highest BCUT2D eigenvalue weighted by molar-refractivity contribution is 5.61. The Bertz CT molecular complexity index is 1440. The number of alkyl halides is 3. The molecule has 166 valence electrons. The first-order valence-electron chi connectivity index (χ1n) is 9.82. The van der Waals surface area contributed by atoms with E-state index in [4.69, 9.17) is 0 Å². The molecule has 4 heterocycles. The molecule has 0 fully saturated rings. The van der Waals surface area contributed by atoms with E-state index in [1.54, 1.807) is 52.8 Å². The van der Waals surface area contributed by atoms with Crippen LogP contribution in [-0.2, 0) is 19.6 Å². The number of halogens is 3. The van der Waals surface area contributed by atoms with Gasteiger partial charge in [-0.05, 0) is 17.7 Å². The molecule has 0 radical (unpaired) electrons. The Morgan fingerprint density at radius 3 is 2.61 bits per heavy atom. The fourth-order valence-electron chi connectivity index (χ4n) is 3.40. The molecule has 9 nitrogen and oxygen atoms in total. The lowest BCUT2D eigenvalue weighted by atomic mass is 10.0. The Morgan fingerprint density at radius 2 is 1.82 bits per heavy atom. The zero-order valence-electron chi connectivity index (χ0n) is 17.2. The van der Waals surface area contributed by atoms with Crippen molar-refractivity contribution in [3.05, 3.63) is 78.1 Å². The van der Waals surface area contributed by atoms with Gasteiger partial charge in [0.1, 0.15) is 18.0 Å². The molecule has 0 unspecified atom stereocenters. The van der Waals surface area contributed by atoms with Gasteiger partial charge < -0.3 is 5.32 Å². The van der Waals surface area contributed by atoms with Crippen LogP contribution in [0.2, 0.25) is 0 Å². The molecule has 0 spiro atoms. The summed E-state index contributed by atoms with van der Waals surface area (Å²) >= 11 is 0. The number of benzene rings is 1. The summed E-state index contributed by atoms with van der Waals surface area (Å²) in [5.41, 5.74) is 0.932. The average Bonchev–Trinajstić information content (AvgIpc) is 3.39. The minimum absolute atomic E-state index is 0.0375. The molecule has 0 aliphatic rings. The minimum atomic E-state index is -4.45. The summed E-state index contributed by atoms with van der Waals surface area (Å²) in [5.74, 6) is 1.43. The molecule has 1 N–H and O–H groups in total. The molecule has 5 aromatic rings. The molecule has 0 saturated heterocycles. The average molecular weight is 451 g/mol. The number of hydrogen-bond acceptors (Lipinski definition) is 7. The minimum Gasteiger partial charge on any atom is -0.309 e. The summed E-state index contributed by atoms with van der Waals surface area (Å²) in [7, 11) is 1.79. The van der Waals surface area contributed by atoms with Gasteiger partial charge in [-0.2, -0.15) is 18.3 Å². The second-order valence-corrected chi connectivity index (χ2v) is 7.18. The number of fused-ring (bicyclic) bond motifs is 1. The first-order chi connectivity index (χ1) is 15.9. The van der Waals surface area contributed by atoms with E-state index in [2.05, 4.69) is 35.6 Å². The van der Waals surface area contributed by atoms with Gasteiger partial charge in [-0.1, -0.05) is 18.2 Å². The molecule has 4 aromatic heterocycles. The normalized spacial score (nSPS) is 11.8. The second kappa shape index (κ2) is 7.97. The molecule has 0 aliphatic carbocycles. The van der Waals surface area contributed by atoms with Crippen molar-refractivity contribution in [3.8, 4) is 11.4 Å². The van der Waals surface area contributed by atoms with Crippen LogP contribution in [0, 0.1) is 0 Å². The molecule has 0 aliphatic heterocycles. The summed E-state index contributed by atoms with van der Waals surface area (Å²) in [5, 5.41) is 15.3. The third-order valence-corrected chi connectivity index (χ3v) is 5.02. The highest BCUT2D eigenvalue weighted by Crippen LogP contribution is 2.32. The highest BCUT2D eigenvalue weighted by Gasteiger charge is 2.33. The number of aromatic nitrogens is 8. The number of anilines is 2. The van der Waals surface area contributed by atoms with Crippen molar-refractivity contribution in [2.24, 2.45) is 7.05 Å². The van der Waals surface area contributed by atoms with Gasteiger partial charge in [-0.3, -0.25) is 9.08 Å². The van der Waals surface area contributed by atoms with Gasteiger partial charge in [0.05, 0.1) is 23.1 Å². The lowest BCUT2D eigenvalue weighted by molar-refractivity contribution is -0.138. The summed E-state index contributed by atoms with van der Waals surface area (Å²) in [4.78, 5) is 13.1. The van der Waals surface area contributed by atoms with Gasteiger partial charge in [0, 0.05) is 31.8 Å².